The predicted molar refractivity (Wildman–Crippen MR) is 63.1 cm³/mol. The lowest BCUT2D eigenvalue weighted by atomic mass is 10.1. The van der Waals surface area contributed by atoms with Crippen LogP contribution in [-0.2, 0) is 4.79 Å². The highest BCUT2D eigenvalue weighted by atomic mass is 16.1. The molecule has 1 unspecified atom stereocenters. The normalized spacial score (nSPS) is 21.0. The third kappa shape index (κ3) is 2.39. The van der Waals surface area contributed by atoms with Crippen molar-refractivity contribution in [2.45, 2.75) is 25.8 Å². The number of nitrogens with zero attached hydrogens (tertiary/aromatic N) is 2. The zero-order valence-corrected chi connectivity index (χ0v) is 9.73. The highest BCUT2D eigenvalue weighted by molar-refractivity contribution is 5.88. The molecular weight excluding hydrogens is 202 g/mol. The minimum Gasteiger partial charge on any atom is -0.325 e. The molecule has 1 amide bonds. The van der Waals surface area contributed by atoms with E-state index >= 15 is 0 Å². The Morgan fingerprint density at radius 3 is 3.00 bits per heavy atom. The number of carbonyl (C=O) groups is 1. The number of aromatic nitrogens is 1. The topological polar surface area (TPSA) is 45.2 Å². The summed E-state index contributed by atoms with van der Waals surface area (Å²) in [4.78, 5) is 17.5. The Balaban J connectivity index is 2.18. The minimum absolute atomic E-state index is 0.0567. The van der Waals surface area contributed by atoms with Gasteiger partial charge in [0.25, 0.3) is 0 Å². The minimum atomic E-state index is -0.0567. The first kappa shape index (κ1) is 11.1. The molecule has 1 aliphatic rings. The molecule has 1 fully saturated rings. The molecule has 0 saturated carbocycles. The standard InChI is InChI=1S/C12H17N3O/c1-9(16)14-11-6-10(7-13-8-11)12-4-3-5-15(12)2/h6-8,12H,3-5H2,1-2H3,(H,14,16). The van der Waals surface area contributed by atoms with Crippen molar-refractivity contribution >= 4 is 11.6 Å². The van der Waals surface area contributed by atoms with Crippen LogP contribution in [0.4, 0.5) is 5.69 Å². The van der Waals surface area contributed by atoms with Crippen LogP contribution in [0.5, 0.6) is 0 Å². The van der Waals surface area contributed by atoms with Crippen molar-refractivity contribution in [3.05, 3.63) is 24.0 Å². The Hall–Kier alpha value is -1.42. The third-order valence-corrected chi connectivity index (χ3v) is 2.98. The first-order valence-corrected chi connectivity index (χ1v) is 5.59. The second-order valence-electron chi connectivity index (χ2n) is 4.33. The number of pyridine rings is 1. The van der Waals surface area contributed by atoms with Gasteiger partial charge in [-0.05, 0) is 38.1 Å². The molecule has 1 aromatic heterocycles. The van der Waals surface area contributed by atoms with Gasteiger partial charge < -0.3 is 5.32 Å². The van der Waals surface area contributed by atoms with Crippen LogP contribution in [0.3, 0.4) is 0 Å². The molecule has 2 heterocycles. The zero-order chi connectivity index (χ0) is 11.5. The van der Waals surface area contributed by atoms with E-state index in [1.807, 2.05) is 12.3 Å². The smallest absolute Gasteiger partial charge is 0.221 e. The van der Waals surface area contributed by atoms with Crippen LogP contribution in [0.1, 0.15) is 31.4 Å². The van der Waals surface area contributed by atoms with E-state index in [0.717, 1.165) is 12.2 Å². The van der Waals surface area contributed by atoms with Crippen molar-refractivity contribution in [2.75, 3.05) is 18.9 Å². The van der Waals surface area contributed by atoms with Gasteiger partial charge in [-0.1, -0.05) is 0 Å². The Morgan fingerprint density at radius 1 is 1.56 bits per heavy atom. The van der Waals surface area contributed by atoms with Crippen molar-refractivity contribution in [1.29, 1.82) is 0 Å². The number of rotatable bonds is 2. The fourth-order valence-corrected chi connectivity index (χ4v) is 2.24. The number of likely N-dealkylation sites (tertiary alicyclic amines) is 1. The van der Waals surface area contributed by atoms with Crippen LogP contribution in [0, 0.1) is 0 Å². The number of carbonyl (C=O) groups excluding carboxylic acids is 1. The van der Waals surface area contributed by atoms with Crippen LogP contribution in [-0.4, -0.2) is 29.4 Å². The number of hydrogen-bond donors (Lipinski definition) is 1. The van der Waals surface area contributed by atoms with Gasteiger partial charge in [0.1, 0.15) is 0 Å². The summed E-state index contributed by atoms with van der Waals surface area (Å²) in [6.07, 6.45) is 5.96. The van der Waals surface area contributed by atoms with Gasteiger partial charge in [0, 0.05) is 19.2 Å². The molecule has 16 heavy (non-hydrogen) atoms. The number of nitrogens with one attached hydrogen (secondary N) is 1. The molecule has 2 rings (SSSR count). The number of amides is 1. The van der Waals surface area contributed by atoms with Crippen molar-refractivity contribution in [2.24, 2.45) is 0 Å². The monoisotopic (exact) mass is 219 g/mol. The van der Waals surface area contributed by atoms with E-state index in [2.05, 4.69) is 22.2 Å². The predicted octanol–water partition coefficient (Wildman–Crippen LogP) is 1.81. The third-order valence-electron chi connectivity index (χ3n) is 2.98. The van der Waals surface area contributed by atoms with E-state index in [9.17, 15) is 4.79 Å². The fraction of sp³-hybridized carbons (Fsp3) is 0.500. The van der Waals surface area contributed by atoms with Gasteiger partial charge in [0.15, 0.2) is 0 Å². The molecule has 0 spiro atoms. The van der Waals surface area contributed by atoms with Crippen LogP contribution in [0.15, 0.2) is 18.5 Å². The maximum atomic E-state index is 11.0. The van der Waals surface area contributed by atoms with E-state index in [1.165, 1.54) is 25.3 Å². The molecule has 86 valence electrons. The lowest BCUT2D eigenvalue weighted by Gasteiger charge is -2.19. The summed E-state index contributed by atoms with van der Waals surface area (Å²) >= 11 is 0. The largest absolute Gasteiger partial charge is 0.325 e. The van der Waals surface area contributed by atoms with Gasteiger partial charge in [-0.3, -0.25) is 14.7 Å². The molecule has 0 radical (unpaired) electrons. The number of hydrogen-bond acceptors (Lipinski definition) is 3. The van der Waals surface area contributed by atoms with Crippen molar-refractivity contribution in [3.63, 3.8) is 0 Å². The Labute approximate surface area is 95.7 Å². The van der Waals surface area contributed by atoms with Crippen molar-refractivity contribution in [1.82, 2.24) is 9.88 Å². The van der Waals surface area contributed by atoms with E-state index in [-0.39, 0.29) is 5.91 Å². The molecule has 0 aromatic carbocycles. The maximum Gasteiger partial charge on any atom is 0.221 e. The summed E-state index contributed by atoms with van der Waals surface area (Å²) in [6.45, 7) is 2.64. The highest BCUT2D eigenvalue weighted by Gasteiger charge is 2.22. The second kappa shape index (κ2) is 4.61. The average molecular weight is 219 g/mol. The quantitative estimate of drug-likeness (QED) is 0.825. The van der Waals surface area contributed by atoms with Gasteiger partial charge in [-0.2, -0.15) is 0 Å². The van der Waals surface area contributed by atoms with Crippen LogP contribution in [0.25, 0.3) is 0 Å². The van der Waals surface area contributed by atoms with E-state index in [4.69, 9.17) is 0 Å². The van der Waals surface area contributed by atoms with Gasteiger partial charge in [-0.15, -0.1) is 0 Å². The summed E-state index contributed by atoms with van der Waals surface area (Å²) in [5.41, 5.74) is 1.97. The van der Waals surface area contributed by atoms with Gasteiger partial charge >= 0.3 is 0 Å². The van der Waals surface area contributed by atoms with Crippen LogP contribution < -0.4 is 5.32 Å². The van der Waals surface area contributed by atoms with Crippen molar-refractivity contribution < 1.29 is 4.79 Å². The molecule has 4 heteroatoms. The van der Waals surface area contributed by atoms with Gasteiger partial charge in [0.2, 0.25) is 5.91 Å². The van der Waals surface area contributed by atoms with E-state index < -0.39 is 0 Å². The molecule has 1 saturated heterocycles. The zero-order valence-electron chi connectivity index (χ0n) is 9.73. The van der Waals surface area contributed by atoms with Crippen LogP contribution in [0.2, 0.25) is 0 Å². The van der Waals surface area contributed by atoms with Gasteiger partial charge in [-0.25, -0.2) is 0 Å². The first-order chi connectivity index (χ1) is 7.66. The fourth-order valence-electron chi connectivity index (χ4n) is 2.24. The SMILES string of the molecule is CC(=O)Nc1cncc(C2CCCN2C)c1. The van der Waals surface area contributed by atoms with Crippen LogP contribution >= 0.6 is 0 Å². The average Bonchev–Trinajstić information content (AvgIpc) is 2.64. The molecule has 1 aliphatic heterocycles. The molecule has 0 aliphatic carbocycles. The summed E-state index contributed by atoms with van der Waals surface area (Å²) < 4.78 is 0. The number of anilines is 1. The molecule has 4 nitrogen and oxygen atoms in total. The summed E-state index contributed by atoms with van der Waals surface area (Å²) in [5.74, 6) is -0.0567. The molecule has 1 N–H and O–H groups in total. The highest BCUT2D eigenvalue weighted by Crippen LogP contribution is 2.30. The van der Waals surface area contributed by atoms with Crippen molar-refractivity contribution in [3.8, 4) is 0 Å². The summed E-state index contributed by atoms with van der Waals surface area (Å²) in [7, 11) is 2.13. The summed E-state index contributed by atoms with van der Waals surface area (Å²) in [5, 5.41) is 2.76. The first-order valence-electron chi connectivity index (χ1n) is 5.59. The van der Waals surface area contributed by atoms with Gasteiger partial charge in [0.05, 0.1) is 11.9 Å². The maximum absolute atomic E-state index is 11.0. The second-order valence-corrected chi connectivity index (χ2v) is 4.33. The Morgan fingerprint density at radius 2 is 2.38 bits per heavy atom. The summed E-state index contributed by atoms with van der Waals surface area (Å²) in [6, 6.07) is 2.46. The van der Waals surface area contributed by atoms with E-state index in [1.54, 1.807) is 6.20 Å². The lowest BCUT2D eigenvalue weighted by Crippen LogP contribution is -2.18. The molecule has 1 aromatic rings. The Bertz CT molecular complexity index is 392. The molecule has 0 bridgehead atoms. The molecule has 1 atom stereocenters. The van der Waals surface area contributed by atoms with E-state index in [0.29, 0.717) is 6.04 Å². The Kier molecular flexibility index (Phi) is 3.19. The lowest BCUT2D eigenvalue weighted by molar-refractivity contribution is -0.114. The molecular formula is C12H17N3O.